The summed E-state index contributed by atoms with van der Waals surface area (Å²) < 4.78 is 1.83. The number of aryl methyl sites for hydroxylation is 1. The van der Waals surface area contributed by atoms with E-state index in [-0.39, 0.29) is 0 Å². The van der Waals surface area contributed by atoms with Crippen LogP contribution in [0.4, 0.5) is 0 Å². The molecule has 0 saturated heterocycles. The zero-order valence-corrected chi connectivity index (χ0v) is 12.7. The number of fused-ring (bicyclic) bond motifs is 1. The normalized spacial score (nSPS) is 9.61. The van der Waals surface area contributed by atoms with Gasteiger partial charge in [-0.2, -0.15) is 10.2 Å². The fourth-order valence-electron chi connectivity index (χ4n) is 2.18. The second-order valence-electron chi connectivity index (χ2n) is 4.48. The summed E-state index contributed by atoms with van der Waals surface area (Å²) in [6.45, 7) is 7.00. The van der Waals surface area contributed by atoms with Gasteiger partial charge in [0.15, 0.2) is 0 Å². The molecule has 2 N–H and O–H groups in total. The molecule has 0 aliphatic heterocycles. The highest BCUT2D eigenvalue weighted by molar-refractivity contribution is 5.85. The number of rotatable bonds is 2. The number of hydrogen-bond acceptors (Lipinski definition) is 5. The lowest BCUT2D eigenvalue weighted by Gasteiger charge is -2.02. The van der Waals surface area contributed by atoms with Crippen molar-refractivity contribution in [2.75, 3.05) is 0 Å². The van der Waals surface area contributed by atoms with Crippen molar-refractivity contribution in [3.63, 3.8) is 0 Å². The number of hydrazone groups is 1. The Balaban J connectivity index is 0.000000615. The number of hydrogen-bond donors (Lipinski definition) is 1. The largest absolute Gasteiger partial charge is 0.323 e. The van der Waals surface area contributed by atoms with E-state index in [1.54, 1.807) is 6.21 Å². The van der Waals surface area contributed by atoms with E-state index in [9.17, 15) is 0 Å². The second-order valence-corrected chi connectivity index (χ2v) is 4.48. The molecule has 0 spiro atoms. The lowest BCUT2D eigenvalue weighted by molar-refractivity contribution is 0.780. The van der Waals surface area contributed by atoms with Crippen molar-refractivity contribution in [3.05, 3.63) is 54.2 Å². The van der Waals surface area contributed by atoms with Gasteiger partial charge in [-0.3, -0.25) is 4.68 Å². The summed E-state index contributed by atoms with van der Waals surface area (Å²) in [6, 6.07) is 14.4. The molecular formula is C17H16N6. The molecule has 0 bridgehead atoms. The van der Waals surface area contributed by atoms with Gasteiger partial charge in [0.05, 0.1) is 11.7 Å². The third-order valence-electron chi connectivity index (χ3n) is 3.09. The van der Waals surface area contributed by atoms with Crippen molar-refractivity contribution in [3.8, 4) is 24.3 Å². The predicted octanol–water partition coefficient (Wildman–Crippen LogP) is 2.81. The van der Waals surface area contributed by atoms with Crippen molar-refractivity contribution < 1.29 is 0 Å². The first-order chi connectivity index (χ1) is 11.3. The topological polar surface area (TPSA) is 104 Å². The van der Waals surface area contributed by atoms with Gasteiger partial charge in [-0.15, -0.1) is 0 Å². The Morgan fingerprint density at radius 3 is 2.26 bits per heavy atom. The Kier molecular flexibility index (Phi) is 6.51. The monoisotopic (exact) mass is 304 g/mol. The maximum Gasteiger partial charge on any atom is 0.0923 e. The Morgan fingerprint density at radius 1 is 1.04 bits per heavy atom. The molecule has 114 valence electrons. The van der Waals surface area contributed by atoms with E-state index in [1.807, 2.05) is 36.1 Å². The minimum Gasteiger partial charge on any atom is -0.323 e. The van der Waals surface area contributed by atoms with E-state index in [2.05, 4.69) is 47.6 Å². The second kappa shape index (κ2) is 8.60. The molecule has 0 saturated carbocycles. The van der Waals surface area contributed by atoms with Crippen LogP contribution in [0.2, 0.25) is 0 Å². The quantitative estimate of drug-likeness (QED) is 0.446. The molecule has 0 aliphatic rings. The molecule has 6 heteroatoms. The van der Waals surface area contributed by atoms with Crippen LogP contribution in [0.3, 0.4) is 0 Å². The Morgan fingerprint density at radius 2 is 1.65 bits per heavy atom. The van der Waals surface area contributed by atoms with Crippen LogP contribution in [-0.2, 0) is 7.05 Å². The zero-order valence-electron chi connectivity index (χ0n) is 12.7. The summed E-state index contributed by atoms with van der Waals surface area (Å²) in [5, 5.41) is 22.0. The Bertz CT molecular complexity index is 818. The molecule has 6 nitrogen and oxygen atoms in total. The van der Waals surface area contributed by atoms with Gasteiger partial charge < -0.3 is 5.84 Å². The molecule has 0 unspecified atom stereocenters. The van der Waals surface area contributed by atoms with Crippen molar-refractivity contribution >= 4 is 17.1 Å². The molecule has 0 radical (unpaired) electrons. The smallest absolute Gasteiger partial charge is 0.0923 e. The van der Waals surface area contributed by atoms with Gasteiger partial charge in [0, 0.05) is 31.8 Å². The van der Waals surface area contributed by atoms with Crippen LogP contribution in [0.5, 0.6) is 0 Å². The number of nitrogens with zero attached hydrogens (tertiary/aromatic N) is 5. The highest BCUT2D eigenvalue weighted by Gasteiger charge is 2.02. The van der Waals surface area contributed by atoms with Crippen molar-refractivity contribution in [2.24, 2.45) is 18.0 Å². The number of benzene rings is 2. The van der Waals surface area contributed by atoms with Crippen LogP contribution in [0.25, 0.3) is 22.0 Å². The third-order valence-corrected chi connectivity index (χ3v) is 3.09. The van der Waals surface area contributed by atoms with E-state index in [0.717, 1.165) is 16.5 Å². The zero-order chi connectivity index (χ0) is 17.2. The van der Waals surface area contributed by atoms with Crippen LogP contribution in [0.1, 0.15) is 5.56 Å². The van der Waals surface area contributed by atoms with Gasteiger partial charge in [-0.05, 0) is 28.8 Å². The highest BCUT2D eigenvalue weighted by atomic mass is 15.2. The molecule has 0 amide bonds. The molecule has 0 aliphatic carbocycles. The minimum absolute atomic E-state index is 0.994. The Labute approximate surface area is 134 Å². The summed E-state index contributed by atoms with van der Waals surface area (Å²) in [5.74, 6) is 5.13. The maximum atomic E-state index is 6.50. The molecule has 3 rings (SSSR count). The highest BCUT2D eigenvalue weighted by Crippen LogP contribution is 2.23. The van der Waals surface area contributed by atoms with E-state index in [1.165, 1.54) is 11.1 Å². The summed E-state index contributed by atoms with van der Waals surface area (Å²) in [6.07, 6.45) is 3.66. The van der Waals surface area contributed by atoms with Gasteiger partial charge in [-0.1, -0.05) is 30.3 Å². The average Bonchev–Trinajstić information content (AvgIpc) is 2.98. The molecule has 1 heterocycles. The van der Waals surface area contributed by atoms with Crippen LogP contribution in [-0.4, -0.2) is 16.0 Å². The SMILES string of the molecule is C#N.C#N.Cn1cc2cc(-c3ccc(C=NN)cc3)ccc2n1. The van der Waals surface area contributed by atoms with Crippen molar-refractivity contribution in [1.82, 2.24) is 9.78 Å². The molecule has 1 aromatic heterocycles. The van der Waals surface area contributed by atoms with E-state index in [0.29, 0.717) is 0 Å². The first-order valence-corrected chi connectivity index (χ1v) is 6.55. The standard InChI is InChI=1S/C15H14N4.2CHN/c1-19-10-14-8-13(6-7-15(14)18-19)12-4-2-11(3-5-12)9-17-16;2*1-2/h2-10H,16H2,1H3;2*1H. The van der Waals surface area contributed by atoms with Gasteiger partial charge >= 0.3 is 0 Å². The van der Waals surface area contributed by atoms with Gasteiger partial charge in [-0.25, -0.2) is 10.5 Å². The third kappa shape index (κ3) is 4.16. The lowest BCUT2D eigenvalue weighted by atomic mass is 10.0. The number of aromatic nitrogens is 2. The summed E-state index contributed by atoms with van der Waals surface area (Å²) in [4.78, 5) is 0. The molecule has 2 aromatic carbocycles. The number of nitriles is 2. The maximum absolute atomic E-state index is 6.50. The molecule has 0 atom stereocenters. The summed E-state index contributed by atoms with van der Waals surface area (Å²) in [7, 11) is 1.93. The first-order valence-electron chi connectivity index (χ1n) is 6.55. The molecule has 3 aromatic rings. The molecule has 23 heavy (non-hydrogen) atoms. The first kappa shape index (κ1) is 17.4. The lowest BCUT2D eigenvalue weighted by Crippen LogP contribution is -1.86. The van der Waals surface area contributed by atoms with Crippen LogP contribution >= 0.6 is 0 Å². The fourth-order valence-corrected chi connectivity index (χ4v) is 2.18. The predicted molar refractivity (Wildman–Crippen MR) is 91.3 cm³/mol. The fraction of sp³-hybridized carbons (Fsp3) is 0.0588. The van der Waals surface area contributed by atoms with Crippen LogP contribution in [0, 0.1) is 23.7 Å². The van der Waals surface area contributed by atoms with Crippen molar-refractivity contribution in [1.29, 1.82) is 10.5 Å². The Hall–Kier alpha value is -3.64. The van der Waals surface area contributed by atoms with Gasteiger partial charge in [0.25, 0.3) is 0 Å². The van der Waals surface area contributed by atoms with Gasteiger partial charge in [0.1, 0.15) is 0 Å². The molecular weight excluding hydrogens is 288 g/mol. The van der Waals surface area contributed by atoms with Crippen LogP contribution in [0.15, 0.2) is 53.8 Å². The van der Waals surface area contributed by atoms with Crippen molar-refractivity contribution in [2.45, 2.75) is 0 Å². The average molecular weight is 304 g/mol. The minimum atomic E-state index is 0.994. The van der Waals surface area contributed by atoms with E-state index in [4.69, 9.17) is 16.4 Å². The number of nitrogens with two attached hydrogens (primary N) is 1. The summed E-state index contributed by atoms with van der Waals surface area (Å²) >= 11 is 0. The summed E-state index contributed by atoms with van der Waals surface area (Å²) in [5.41, 5.74) is 4.35. The van der Waals surface area contributed by atoms with Crippen LogP contribution < -0.4 is 5.84 Å². The van der Waals surface area contributed by atoms with E-state index < -0.39 is 0 Å². The van der Waals surface area contributed by atoms with E-state index >= 15 is 0 Å². The van der Waals surface area contributed by atoms with Gasteiger partial charge in [0.2, 0.25) is 0 Å². The molecule has 0 fully saturated rings.